The molecular weight excluding hydrogens is 707 g/mol. The summed E-state index contributed by atoms with van der Waals surface area (Å²) in [5, 5.41) is 0. The summed E-state index contributed by atoms with van der Waals surface area (Å²) in [6.07, 6.45) is 34.5. The van der Waals surface area contributed by atoms with Gasteiger partial charge in [-0.15, -0.1) is 0 Å². The van der Waals surface area contributed by atoms with Crippen LogP contribution < -0.4 is 0 Å². The molecule has 0 bridgehead atoms. The summed E-state index contributed by atoms with van der Waals surface area (Å²) in [4.78, 5) is 39.7. The first-order chi connectivity index (χ1) is 23.4. The van der Waals surface area contributed by atoms with Gasteiger partial charge < -0.3 is 0 Å². The summed E-state index contributed by atoms with van der Waals surface area (Å²) >= 11 is -4.85. The van der Waals surface area contributed by atoms with Gasteiger partial charge in [-0.3, -0.25) is 0 Å². The molecule has 7 heteroatoms. The van der Waals surface area contributed by atoms with E-state index in [1.165, 1.54) is 109 Å². The number of carbonyl (C=O) groups is 3. The average Bonchev–Trinajstić information content (AvgIpc) is 3.06. The summed E-state index contributed by atoms with van der Waals surface area (Å²) in [5.41, 5.74) is 0. The fraction of sp³-hybridized carbons (Fsp3) is 0.927. The molecule has 0 amide bonds. The third-order valence-corrected chi connectivity index (χ3v) is 16.7. The number of rotatable bonds is 37. The van der Waals surface area contributed by atoms with Crippen LogP contribution in [0.3, 0.4) is 0 Å². The van der Waals surface area contributed by atoms with Gasteiger partial charge in [0, 0.05) is 0 Å². The first-order valence-electron chi connectivity index (χ1n) is 21.1. The van der Waals surface area contributed by atoms with E-state index in [2.05, 4.69) is 27.7 Å². The van der Waals surface area contributed by atoms with Gasteiger partial charge in [-0.2, -0.15) is 0 Å². The van der Waals surface area contributed by atoms with Crippen molar-refractivity contribution in [3.8, 4) is 0 Å². The van der Waals surface area contributed by atoms with Crippen LogP contribution in [0.25, 0.3) is 0 Å². The Morgan fingerprint density at radius 2 is 0.521 bits per heavy atom. The summed E-state index contributed by atoms with van der Waals surface area (Å²) in [5.74, 6) is -1.08. The number of hydrogen-bond acceptors (Lipinski definition) is 6. The maximum atomic E-state index is 13.2. The van der Waals surface area contributed by atoms with E-state index in [0.29, 0.717) is 4.44 Å². The summed E-state index contributed by atoms with van der Waals surface area (Å²) in [6, 6.07) is 0. The Morgan fingerprint density at radius 3 is 0.771 bits per heavy atom. The normalized spacial score (nSPS) is 11.5. The molecule has 0 spiro atoms. The molecule has 0 fully saturated rings. The van der Waals surface area contributed by atoms with Gasteiger partial charge in [0.1, 0.15) is 0 Å². The van der Waals surface area contributed by atoms with Crippen LogP contribution in [0.15, 0.2) is 0 Å². The fourth-order valence-electron chi connectivity index (χ4n) is 6.22. The van der Waals surface area contributed by atoms with Gasteiger partial charge in [0.15, 0.2) is 0 Å². The van der Waals surface area contributed by atoms with Gasteiger partial charge >= 0.3 is 305 Å². The van der Waals surface area contributed by atoms with Gasteiger partial charge in [0.05, 0.1) is 0 Å². The van der Waals surface area contributed by atoms with Crippen LogP contribution in [0.5, 0.6) is 0 Å². The second-order valence-electron chi connectivity index (χ2n) is 14.3. The maximum absolute atomic E-state index is 13.2. The predicted molar refractivity (Wildman–Crippen MR) is 204 cm³/mol. The molecule has 0 aromatic rings. The van der Waals surface area contributed by atoms with Gasteiger partial charge in [-0.25, -0.2) is 0 Å². The molecule has 0 saturated heterocycles. The van der Waals surface area contributed by atoms with Crippen molar-refractivity contribution in [1.29, 1.82) is 0 Å². The van der Waals surface area contributed by atoms with Gasteiger partial charge in [-0.05, 0) is 0 Å². The molecule has 0 aliphatic carbocycles. The Bertz CT molecular complexity index is 659. The van der Waals surface area contributed by atoms with Crippen LogP contribution in [-0.2, 0) is 23.6 Å². The molecular formula is C41H80O6Sn. The molecule has 6 nitrogen and oxygen atoms in total. The van der Waals surface area contributed by atoms with Gasteiger partial charge in [-0.1, -0.05) is 0 Å². The van der Waals surface area contributed by atoms with Crippen molar-refractivity contribution in [1.82, 2.24) is 0 Å². The van der Waals surface area contributed by atoms with Crippen molar-refractivity contribution >= 4 is 37.5 Å². The van der Waals surface area contributed by atoms with E-state index >= 15 is 0 Å². The standard InChI is InChI=1S/3C11H22O2.C8H17.Sn/c3*1-2-3-4-5-6-7-8-9-10-11(12)13;1-3-5-7-8-6-4-2;/h3*2-10H2,1H3,(H,12,13);1,3-8H2,2H3;/q;;;;+3/p-3. The molecule has 0 N–H and O–H groups in total. The second-order valence-corrected chi connectivity index (χ2v) is 21.4. The van der Waals surface area contributed by atoms with Crippen molar-refractivity contribution in [2.75, 3.05) is 0 Å². The predicted octanol–water partition coefficient (Wildman–Crippen LogP) is 13.5. The third-order valence-electron chi connectivity index (χ3n) is 9.35. The Hall–Kier alpha value is -0.791. The first kappa shape index (κ1) is 47.2. The molecule has 48 heavy (non-hydrogen) atoms. The van der Waals surface area contributed by atoms with Crippen LogP contribution in [0, 0.1) is 0 Å². The summed E-state index contributed by atoms with van der Waals surface area (Å²) in [6.45, 7) is 8.88. The average molecular weight is 788 g/mol. The van der Waals surface area contributed by atoms with Crippen molar-refractivity contribution in [3.05, 3.63) is 0 Å². The van der Waals surface area contributed by atoms with Crippen LogP contribution >= 0.6 is 0 Å². The van der Waals surface area contributed by atoms with E-state index in [4.69, 9.17) is 9.22 Å². The molecule has 0 aromatic heterocycles. The molecule has 284 valence electrons. The minimum absolute atomic E-state index is 0.287. The zero-order valence-corrected chi connectivity index (χ0v) is 35.3. The van der Waals surface area contributed by atoms with E-state index in [9.17, 15) is 14.4 Å². The summed E-state index contributed by atoms with van der Waals surface area (Å²) < 4.78 is 18.7. The number of hydrogen-bond donors (Lipinski definition) is 0. The Balaban J connectivity index is 5.30. The van der Waals surface area contributed by atoms with Crippen molar-refractivity contribution < 1.29 is 23.6 Å². The van der Waals surface area contributed by atoms with Crippen LogP contribution in [0.2, 0.25) is 4.44 Å². The Kier molecular flexibility index (Phi) is 35.4. The zero-order chi connectivity index (χ0) is 35.4. The third kappa shape index (κ3) is 31.2. The zero-order valence-electron chi connectivity index (χ0n) is 32.5. The second kappa shape index (κ2) is 36.0. The van der Waals surface area contributed by atoms with Gasteiger partial charge in [0.2, 0.25) is 0 Å². The molecule has 0 aliphatic rings. The molecule has 0 aliphatic heterocycles. The molecule has 0 saturated carbocycles. The van der Waals surface area contributed by atoms with E-state index in [-0.39, 0.29) is 37.2 Å². The Morgan fingerprint density at radius 1 is 0.312 bits per heavy atom. The monoisotopic (exact) mass is 788 g/mol. The van der Waals surface area contributed by atoms with Crippen LogP contribution in [0.4, 0.5) is 0 Å². The topological polar surface area (TPSA) is 78.9 Å². The van der Waals surface area contributed by atoms with Gasteiger partial charge in [0.25, 0.3) is 0 Å². The fourth-order valence-corrected chi connectivity index (χ4v) is 13.2. The molecule has 0 unspecified atom stereocenters. The molecule has 0 rings (SSSR count). The van der Waals surface area contributed by atoms with Crippen molar-refractivity contribution in [2.24, 2.45) is 0 Å². The molecule has 0 atom stereocenters. The minimum atomic E-state index is -4.85. The van der Waals surface area contributed by atoms with E-state index < -0.39 is 19.6 Å². The quantitative estimate of drug-likeness (QED) is 0.0461. The number of carbonyl (C=O) groups excluding carboxylic acids is 3. The van der Waals surface area contributed by atoms with Crippen molar-refractivity contribution in [3.63, 3.8) is 0 Å². The first-order valence-corrected chi connectivity index (χ1v) is 26.6. The van der Waals surface area contributed by atoms with E-state index in [1.807, 2.05) is 0 Å². The summed E-state index contributed by atoms with van der Waals surface area (Å²) in [7, 11) is 0. The Labute approximate surface area is 303 Å². The molecule has 0 heterocycles. The van der Waals surface area contributed by atoms with Crippen LogP contribution in [-0.4, -0.2) is 37.5 Å². The van der Waals surface area contributed by atoms with E-state index in [0.717, 1.165) is 83.5 Å². The van der Waals surface area contributed by atoms with Crippen LogP contribution in [0.1, 0.15) is 240 Å². The van der Waals surface area contributed by atoms with E-state index in [1.54, 1.807) is 0 Å². The number of unbranched alkanes of at least 4 members (excludes halogenated alkanes) is 26. The van der Waals surface area contributed by atoms with Crippen molar-refractivity contribution in [2.45, 2.75) is 244 Å². The molecule has 0 aromatic carbocycles. The molecule has 0 radical (unpaired) electrons. The SMILES string of the molecule is CCCCCCCCCCC(=O)[O][Sn]([CH2]CCCCCCC)([O]C(=O)CCCCCCCCCC)[O]C(=O)CCCCCCCCCC.